The molecule has 2 unspecified atom stereocenters. The Morgan fingerprint density at radius 1 is 1.14 bits per heavy atom. The lowest BCUT2D eigenvalue weighted by molar-refractivity contribution is -0.168. The van der Waals surface area contributed by atoms with Crippen molar-refractivity contribution in [2.24, 2.45) is 11.3 Å². The maximum atomic E-state index is 13.0. The molecule has 4 fully saturated rings. The highest BCUT2D eigenvalue weighted by Gasteiger charge is 2.55. The third-order valence-corrected chi connectivity index (χ3v) is 8.98. The Labute approximate surface area is 214 Å². The van der Waals surface area contributed by atoms with Gasteiger partial charge in [-0.05, 0) is 37.3 Å². The van der Waals surface area contributed by atoms with Gasteiger partial charge in [0.05, 0.1) is 12.0 Å². The van der Waals surface area contributed by atoms with Gasteiger partial charge in [0.25, 0.3) is 0 Å². The van der Waals surface area contributed by atoms with Crippen molar-refractivity contribution in [3.8, 4) is 0 Å². The normalized spacial score (nSPS) is 24.7. The van der Waals surface area contributed by atoms with E-state index in [0.29, 0.717) is 37.4 Å². The molecule has 1 saturated carbocycles. The zero-order valence-corrected chi connectivity index (χ0v) is 21.4. The summed E-state index contributed by atoms with van der Waals surface area (Å²) in [6, 6.07) is 4.24. The first kappa shape index (κ1) is 24.5. The number of nitrogens with zero attached hydrogens (tertiary/aromatic N) is 7. The van der Waals surface area contributed by atoms with Crippen LogP contribution in [0.3, 0.4) is 0 Å². The van der Waals surface area contributed by atoms with Crippen molar-refractivity contribution in [1.29, 1.82) is 0 Å². The molecule has 6 rings (SSSR count). The first-order valence-corrected chi connectivity index (χ1v) is 13.4. The van der Waals surface area contributed by atoms with Gasteiger partial charge in [-0.2, -0.15) is 18.3 Å². The molecular weight excluding hydrogens is 483 g/mol. The smallest absolute Gasteiger partial charge is 0.356 e. The third kappa shape index (κ3) is 4.44. The Kier molecular flexibility index (Phi) is 5.87. The highest BCUT2D eigenvalue weighted by Crippen LogP contribution is 2.54. The van der Waals surface area contributed by atoms with Gasteiger partial charge < -0.3 is 14.7 Å². The predicted octanol–water partition coefficient (Wildman–Crippen LogP) is 4.43. The minimum atomic E-state index is -4.15. The van der Waals surface area contributed by atoms with Crippen molar-refractivity contribution in [3.63, 3.8) is 0 Å². The summed E-state index contributed by atoms with van der Waals surface area (Å²) >= 11 is 0. The van der Waals surface area contributed by atoms with Crippen LogP contribution in [0.1, 0.15) is 68.8 Å². The summed E-state index contributed by atoms with van der Waals surface area (Å²) < 4.78 is 40.9. The largest absolute Gasteiger partial charge is 0.393 e. The van der Waals surface area contributed by atoms with E-state index in [2.05, 4.69) is 28.9 Å². The molecule has 3 saturated heterocycles. The molecule has 2 aromatic rings. The minimum absolute atomic E-state index is 0.0302. The van der Waals surface area contributed by atoms with Gasteiger partial charge in [0.2, 0.25) is 0 Å². The third-order valence-electron chi connectivity index (χ3n) is 8.98. The van der Waals surface area contributed by atoms with E-state index in [1.807, 2.05) is 32.9 Å². The number of halogens is 3. The molecule has 1 spiro atoms. The fraction of sp³-hybridized carbons (Fsp3) is 0.692. The van der Waals surface area contributed by atoms with Crippen LogP contribution in [0.25, 0.3) is 0 Å². The fourth-order valence-corrected chi connectivity index (χ4v) is 6.26. The van der Waals surface area contributed by atoms with Crippen LogP contribution in [0.5, 0.6) is 0 Å². The fourth-order valence-electron chi connectivity index (χ4n) is 6.26. The van der Waals surface area contributed by atoms with Crippen LogP contribution in [-0.2, 0) is 0 Å². The number of pyridine rings is 1. The standard InChI is InChI=1S/C26H34F3N7O/c1-3-17(2)23-31-16-36(32-23)21-8-25(9-21)14-35(15-25)24(37)34-11-19(12-34)18-4-5-22(30-10-18)33-7-6-20(13-33)26(27,28)29/h4-5,10,16-17,19-21H,3,6-9,11-15H2,1-2H3. The summed E-state index contributed by atoms with van der Waals surface area (Å²) in [6.45, 7) is 7.56. The van der Waals surface area contributed by atoms with Gasteiger partial charge in [0.15, 0.2) is 5.82 Å². The number of alkyl halides is 3. The van der Waals surface area contributed by atoms with Crippen LogP contribution in [0.15, 0.2) is 24.7 Å². The lowest BCUT2D eigenvalue weighted by Crippen LogP contribution is -2.67. The molecule has 37 heavy (non-hydrogen) atoms. The molecule has 2 atom stereocenters. The monoisotopic (exact) mass is 517 g/mol. The molecule has 5 heterocycles. The number of likely N-dealkylation sites (tertiary alicyclic amines) is 2. The van der Waals surface area contributed by atoms with Gasteiger partial charge in [-0.15, -0.1) is 0 Å². The van der Waals surface area contributed by atoms with Gasteiger partial charge in [-0.25, -0.2) is 19.4 Å². The first-order valence-electron chi connectivity index (χ1n) is 13.4. The summed E-state index contributed by atoms with van der Waals surface area (Å²) in [6.07, 6.45) is 2.69. The molecule has 0 N–H and O–H groups in total. The molecule has 4 aliphatic rings. The maximum absolute atomic E-state index is 13.0. The van der Waals surface area contributed by atoms with Crippen LogP contribution in [0, 0.1) is 11.3 Å². The Morgan fingerprint density at radius 3 is 2.51 bits per heavy atom. The first-order chi connectivity index (χ1) is 17.6. The van der Waals surface area contributed by atoms with E-state index in [4.69, 9.17) is 0 Å². The van der Waals surface area contributed by atoms with Crippen molar-refractivity contribution < 1.29 is 18.0 Å². The summed E-state index contributed by atoms with van der Waals surface area (Å²) in [4.78, 5) is 27.4. The second-order valence-electron chi connectivity index (χ2n) is 11.6. The van der Waals surface area contributed by atoms with Crippen molar-refractivity contribution in [3.05, 3.63) is 36.0 Å². The Bertz CT molecular complexity index is 1130. The topological polar surface area (TPSA) is 70.4 Å². The van der Waals surface area contributed by atoms with Gasteiger partial charge in [-0.3, -0.25) is 0 Å². The van der Waals surface area contributed by atoms with Crippen molar-refractivity contribution in [2.45, 2.75) is 63.6 Å². The second-order valence-corrected chi connectivity index (χ2v) is 11.6. The highest BCUT2D eigenvalue weighted by atomic mass is 19.4. The summed E-state index contributed by atoms with van der Waals surface area (Å²) in [5, 5.41) is 4.67. The zero-order valence-electron chi connectivity index (χ0n) is 21.4. The van der Waals surface area contributed by atoms with Gasteiger partial charge in [0, 0.05) is 62.7 Å². The van der Waals surface area contributed by atoms with E-state index in [9.17, 15) is 18.0 Å². The van der Waals surface area contributed by atoms with E-state index in [1.54, 1.807) is 11.1 Å². The maximum Gasteiger partial charge on any atom is 0.393 e. The SMILES string of the molecule is CCC(C)c1ncn(C2CC3(C2)CN(C(=O)N2CC(c4ccc(N5CCC(C(F)(F)F)C5)nc4)C2)C3)n1. The van der Waals surface area contributed by atoms with Crippen molar-refractivity contribution in [1.82, 2.24) is 29.5 Å². The van der Waals surface area contributed by atoms with Crippen LogP contribution in [0.2, 0.25) is 0 Å². The van der Waals surface area contributed by atoms with Gasteiger partial charge in [-0.1, -0.05) is 19.9 Å². The van der Waals surface area contributed by atoms with Crippen molar-refractivity contribution in [2.75, 3.05) is 44.2 Å². The van der Waals surface area contributed by atoms with Crippen LogP contribution in [0.4, 0.5) is 23.8 Å². The molecule has 0 radical (unpaired) electrons. The number of rotatable bonds is 5. The second kappa shape index (κ2) is 8.87. The van der Waals surface area contributed by atoms with Crippen LogP contribution >= 0.6 is 0 Å². The summed E-state index contributed by atoms with van der Waals surface area (Å²) in [5.74, 6) is 0.822. The minimum Gasteiger partial charge on any atom is -0.356 e. The molecule has 0 aromatic carbocycles. The molecular formula is C26H34F3N7O. The van der Waals surface area contributed by atoms with Gasteiger partial charge in [0.1, 0.15) is 12.1 Å². The van der Waals surface area contributed by atoms with Crippen molar-refractivity contribution >= 4 is 11.8 Å². The Hall–Kier alpha value is -2.85. The molecule has 2 aromatic heterocycles. The Morgan fingerprint density at radius 2 is 1.89 bits per heavy atom. The molecule has 11 heteroatoms. The number of urea groups is 1. The van der Waals surface area contributed by atoms with E-state index in [-0.39, 0.29) is 30.3 Å². The number of carbonyl (C=O) groups excluding carboxylic acids is 1. The van der Waals surface area contributed by atoms with E-state index < -0.39 is 12.1 Å². The zero-order chi connectivity index (χ0) is 25.9. The number of hydrogen-bond acceptors (Lipinski definition) is 5. The van der Waals surface area contributed by atoms with E-state index in [1.165, 1.54) is 0 Å². The van der Waals surface area contributed by atoms with E-state index in [0.717, 1.165) is 43.7 Å². The molecule has 8 nitrogen and oxygen atoms in total. The lowest BCUT2D eigenvalue weighted by Gasteiger charge is -2.60. The molecule has 200 valence electrons. The Balaban J connectivity index is 0.945. The average molecular weight is 518 g/mol. The molecule has 2 amide bonds. The summed E-state index contributed by atoms with van der Waals surface area (Å²) in [7, 11) is 0. The number of carbonyl (C=O) groups is 1. The number of amides is 2. The molecule has 0 bridgehead atoms. The molecule has 3 aliphatic heterocycles. The molecule has 1 aliphatic carbocycles. The lowest BCUT2D eigenvalue weighted by atomic mass is 9.61. The quantitative estimate of drug-likeness (QED) is 0.587. The van der Waals surface area contributed by atoms with Gasteiger partial charge >= 0.3 is 12.2 Å². The number of anilines is 1. The van der Waals surface area contributed by atoms with Crippen LogP contribution in [-0.4, -0.2) is 81.0 Å². The average Bonchev–Trinajstić information content (AvgIpc) is 3.46. The van der Waals surface area contributed by atoms with E-state index >= 15 is 0 Å². The highest BCUT2D eigenvalue weighted by molar-refractivity contribution is 5.77. The number of hydrogen-bond donors (Lipinski definition) is 0. The number of aromatic nitrogens is 4. The van der Waals surface area contributed by atoms with Crippen LogP contribution < -0.4 is 4.90 Å². The summed E-state index contributed by atoms with van der Waals surface area (Å²) in [5.41, 5.74) is 1.26. The predicted molar refractivity (Wildman–Crippen MR) is 131 cm³/mol.